The van der Waals surface area contributed by atoms with Gasteiger partial charge in [-0.15, -0.1) is 0 Å². The van der Waals surface area contributed by atoms with E-state index >= 15 is 0 Å². The van der Waals surface area contributed by atoms with Gasteiger partial charge in [-0.3, -0.25) is 4.79 Å². The van der Waals surface area contributed by atoms with Gasteiger partial charge in [0.1, 0.15) is 17.0 Å². The summed E-state index contributed by atoms with van der Waals surface area (Å²) < 4.78 is 12.9. The third kappa shape index (κ3) is 5.78. The van der Waals surface area contributed by atoms with E-state index in [1.54, 1.807) is 54.4 Å². The highest BCUT2D eigenvalue weighted by atomic mass is 16.5. The number of hydrogen-bond donors (Lipinski definition) is 1. The lowest BCUT2D eigenvalue weighted by Crippen LogP contribution is -2.26. The summed E-state index contributed by atoms with van der Waals surface area (Å²) in [6, 6.07) is 31.5. The Balaban J connectivity index is 1.52. The summed E-state index contributed by atoms with van der Waals surface area (Å²) in [5.74, 6) is -0.435. The van der Waals surface area contributed by atoms with Gasteiger partial charge in [0.25, 0.3) is 5.91 Å². The van der Waals surface area contributed by atoms with Crippen LogP contribution in [-0.2, 0) is 9.53 Å². The van der Waals surface area contributed by atoms with Crippen molar-refractivity contribution < 1.29 is 19.1 Å². The molecule has 0 saturated carbocycles. The first kappa shape index (κ1) is 26.4. The van der Waals surface area contributed by atoms with Gasteiger partial charge in [-0.1, -0.05) is 60.7 Å². The molecule has 1 amide bonds. The number of anilines is 1. The van der Waals surface area contributed by atoms with Gasteiger partial charge in [-0.2, -0.15) is 5.10 Å². The first-order chi connectivity index (χ1) is 19.4. The molecule has 0 aliphatic heterocycles. The predicted octanol–water partition coefficient (Wildman–Crippen LogP) is 6.70. The molecular weight excluding hydrogens is 502 g/mol. The second kappa shape index (κ2) is 11.7. The molecule has 0 bridgehead atoms. The Labute approximate surface area is 233 Å². The molecule has 5 rings (SSSR count). The van der Waals surface area contributed by atoms with E-state index in [-0.39, 0.29) is 5.56 Å². The molecular formula is C33H29N3O4. The number of esters is 1. The summed E-state index contributed by atoms with van der Waals surface area (Å²) in [6.45, 7) is 3.87. The maximum absolute atomic E-state index is 13.8. The fourth-order valence-corrected chi connectivity index (χ4v) is 4.34. The van der Waals surface area contributed by atoms with Crippen molar-refractivity contribution in [2.75, 3.05) is 12.4 Å². The van der Waals surface area contributed by atoms with Crippen LogP contribution >= 0.6 is 0 Å². The van der Waals surface area contributed by atoms with Crippen LogP contribution < -0.4 is 10.1 Å². The number of rotatable bonds is 8. The Morgan fingerprint density at radius 1 is 0.850 bits per heavy atom. The number of nitrogens with zero attached hydrogens (tertiary/aromatic N) is 2. The smallest absolute Gasteiger partial charge is 0.343 e. The van der Waals surface area contributed by atoms with Crippen LogP contribution in [0.3, 0.4) is 0 Å². The molecule has 200 valence electrons. The Kier molecular flexibility index (Phi) is 7.73. The van der Waals surface area contributed by atoms with Crippen LogP contribution in [-0.4, -0.2) is 28.8 Å². The lowest BCUT2D eigenvalue weighted by atomic mass is 10.1. The molecule has 7 heteroatoms. The largest absolute Gasteiger partial charge is 0.497 e. The minimum absolute atomic E-state index is 0.231. The standard InChI is InChI=1S/C33H29N3O4/c1-22-14-15-23(2)29(20-22)34-32(37)31(25-10-6-4-7-11-25)40-33(38)28-21-36(26-12-8-5-9-13-26)35-30(28)24-16-18-27(39-3)19-17-24/h4-21,31H,1-3H3,(H,34,37). The van der Waals surface area contributed by atoms with Crippen LogP contribution in [0.1, 0.15) is 33.2 Å². The van der Waals surface area contributed by atoms with Crippen molar-refractivity contribution in [1.82, 2.24) is 9.78 Å². The Morgan fingerprint density at radius 3 is 2.20 bits per heavy atom. The highest BCUT2D eigenvalue weighted by molar-refractivity contribution is 6.00. The minimum Gasteiger partial charge on any atom is -0.497 e. The second-order valence-electron chi connectivity index (χ2n) is 9.40. The fourth-order valence-electron chi connectivity index (χ4n) is 4.34. The molecule has 1 heterocycles. The first-order valence-electron chi connectivity index (χ1n) is 12.9. The predicted molar refractivity (Wildman–Crippen MR) is 155 cm³/mol. The number of carbonyl (C=O) groups is 2. The second-order valence-corrected chi connectivity index (χ2v) is 9.40. The summed E-state index contributed by atoms with van der Waals surface area (Å²) in [5, 5.41) is 7.66. The van der Waals surface area contributed by atoms with Gasteiger partial charge in [-0.25, -0.2) is 9.48 Å². The molecule has 0 aliphatic rings. The lowest BCUT2D eigenvalue weighted by Gasteiger charge is -2.19. The maximum Gasteiger partial charge on any atom is 0.343 e. The molecule has 0 radical (unpaired) electrons. The van der Waals surface area contributed by atoms with Gasteiger partial charge in [0, 0.05) is 23.0 Å². The average molecular weight is 532 g/mol. The molecule has 5 aromatic rings. The minimum atomic E-state index is -1.18. The first-order valence-corrected chi connectivity index (χ1v) is 12.9. The van der Waals surface area contributed by atoms with E-state index in [1.807, 2.05) is 80.6 Å². The van der Waals surface area contributed by atoms with Gasteiger partial charge in [-0.05, 0) is 67.4 Å². The molecule has 1 atom stereocenters. The van der Waals surface area contributed by atoms with Gasteiger partial charge in [0.05, 0.1) is 12.8 Å². The molecule has 1 aromatic heterocycles. The topological polar surface area (TPSA) is 82.5 Å². The monoisotopic (exact) mass is 531 g/mol. The van der Waals surface area contributed by atoms with E-state index in [0.717, 1.165) is 16.8 Å². The number of nitrogens with one attached hydrogen (secondary N) is 1. The normalized spacial score (nSPS) is 11.5. The van der Waals surface area contributed by atoms with E-state index in [1.165, 1.54) is 0 Å². The number of aromatic nitrogens is 2. The van der Waals surface area contributed by atoms with E-state index in [9.17, 15) is 9.59 Å². The molecule has 40 heavy (non-hydrogen) atoms. The third-order valence-electron chi connectivity index (χ3n) is 6.53. The Morgan fingerprint density at radius 2 is 1.52 bits per heavy atom. The lowest BCUT2D eigenvalue weighted by molar-refractivity contribution is -0.125. The van der Waals surface area contributed by atoms with E-state index in [4.69, 9.17) is 14.6 Å². The number of methoxy groups -OCH3 is 1. The fraction of sp³-hybridized carbons (Fsp3) is 0.121. The summed E-state index contributed by atoms with van der Waals surface area (Å²) in [6.07, 6.45) is 0.444. The number of aryl methyl sites for hydroxylation is 2. The molecule has 4 aromatic carbocycles. The quantitative estimate of drug-likeness (QED) is 0.225. The van der Waals surface area contributed by atoms with Crippen molar-refractivity contribution >= 4 is 17.6 Å². The van der Waals surface area contributed by atoms with Crippen LogP contribution in [0.15, 0.2) is 109 Å². The van der Waals surface area contributed by atoms with E-state index < -0.39 is 18.0 Å². The van der Waals surface area contributed by atoms with Crippen LogP contribution in [0.2, 0.25) is 0 Å². The van der Waals surface area contributed by atoms with Gasteiger partial charge < -0.3 is 14.8 Å². The summed E-state index contributed by atoms with van der Waals surface area (Å²) in [7, 11) is 1.59. The highest BCUT2D eigenvalue weighted by Crippen LogP contribution is 2.29. The number of benzene rings is 4. The summed E-state index contributed by atoms with van der Waals surface area (Å²) >= 11 is 0. The molecule has 0 spiro atoms. The molecule has 0 fully saturated rings. The van der Waals surface area contributed by atoms with Crippen LogP contribution in [0, 0.1) is 13.8 Å². The van der Waals surface area contributed by atoms with Crippen molar-refractivity contribution in [2.45, 2.75) is 20.0 Å². The third-order valence-corrected chi connectivity index (χ3v) is 6.53. The number of ether oxygens (including phenoxy) is 2. The number of carbonyl (C=O) groups excluding carboxylic acids is 2. The molecule has 1 unspecified atom stereocenters. The number of amides is 1. The molecule has 0 saturated heterocycles. The summed E-state index contributed by atoms with van der Waals surface area (Å²) in [4.78, 5) is 27.4. The van der Waals surface area contributed by atoms with Gasteiger partial charge in [0.2, 0.25) is 6.10 Å². The summed E-state index contributed by atoms with van der Waals surface area (Å²) in [5.41, 5.74) is 5.28. The molecule has 0 aliphatic carbocycles. The van der Waals surface area contributed by atoms with E-state index in [2.05, 4.69) is 5.32 Å². The Hall–Kier alpha value is -5.17. The number of hydrogen-bond acceptors (Lipinski definition) is 5. The maximum atomic E-state index is 13.8. The zero-order valence-corrected chi connectivity index (χ0v) is 22.5. The van der Waals surface area contributed by atoms with Crippen LogP contribution in [0.4, 0.5) is 5.69 Å². The zero-order chi connectivity index (χ0) is 28.1. The van der Waals surface area contributed by atoms with Gasteiger partial charge >= 0.3 is 5.97 Å². The average Bonchev–Trinajstić information content (AvgIpc) is 3.44. The highest BCUT2D eigenvalue weighted by Gasteiger charge is 2.29. The van der Waals surface area contributed by atoms with Crippen molar-refractivity contribution in [2.24, 2.45) is 0 Å². The number of para-hydroxylation sites is 1. The van der Waals surface area contributed by atoms with Crippen molar-refractivity contribution in [3.05, 3.63) is 132 Å². The zero-order valence-electron chi connectivity index (χ0n) is 22.5. The van der Waals surface area contributed by atoms with Crippen molar-refractivity contribution in [1.29, 1.82) is 0 Å². The Bertz CT molecular complexity index is 1630. The van der Waals surface area contributed by atoms with Crippen molar-refractivity contribution in [3.8, 4) is 22.7 Å². The molecule has 1 N–H and O–H groups in total. The van der Waals surface area contributed by atoms with Crippen molar-refractivity contribution in [3.63, 3.8) is 0 Å². The van der Waals surface area contributed by atoms with Crippen LogP contribution in [0.5, 0.6) is 5.75 Å². The molecule has 7 nitrogen and oxygen atoms in total. The SMILES string of the molecule is COc1ccc(-c2nn(-c3ccccc3)cc2C(=O)OC(C(=O)Nc2cc(C)ccc2C)c2ccccc2)cc1. The van der Waals surface area contributed by atoms with Crippen LogP contribution in [0.25, 0.3) is 16.9 Å². The van der Waals surface area contributed by atoms with Gasteiger partial charge in [0.15, 0.2) is 0 Å². The van der Waals surface area contributed by atoms with E-state index in [0.29, 0.717) is 28.3 Å².